The van der Waals surface area contributed by atoms with E-state index in [0.29, 0.717) is 42.8 Å². The van der Waals surface area contributed by atoms with Gasteiger partial charge in [0.2, 0.25) is 11.8 Å². The fourth-order valence-electron chi connectivity index (χ4n) is 6.21. The van der Waals surface area contributed by atoms with Crippen LogP contribution in [0.25, 0.3) is 0 Å². The monoisotopic (exact) mass is 526 g/mol. The van der Waals surface area contributed by atoms with Crippen molar-refractivity contribution >= 4 is 23.4 Å². The van der Waals surface area contributed by atoms with Crippen molar-refractivity contribution in [3.8, 4) is 0 Å². The second-order valence-electron chi connectivity index (χ2n) is 11.1. The van der Waals surface area contributed by atoms with E-state index < -0.39 is 0 Å². The molecule has 3 amide bonds. The van der Waals surface area contributed by atoms with Crippen LogP contribution >= 0.6 is 0 Å². The summed E-state index contributed by atoms with van der Waals surface area (Å²) in [5, 5.41) is 2.76. The summed E-state index contributed by atoms with van der Waals surface area (Å²) in [5.41, 5.74) is 1.26. The molecular formula is C31H50N4O3. The average molecular weight is 527 g/mol. The van der Waals surface area contributed by atoms with Crippen LogP contribution in [-0.2, 0) is 9.59 Å². The quantitative estimate of drug-likeness (QED) is 0.358. The van der Waals surface area contributed by atoms with E-state index in [2.05, 4.69) is 29.0 Å². The molecule has 7 nitrogen and oxygen atoms in total. The molecule has 0 heterocycles. The number of benzene rings is 1. The Morgan fingerprint density at radius 2 is 1.34 bits per heavy atom. The highest BCUT2D eigenvalue weighted by Gasteiger charge is 2.32. The summed E-state index contributed by atoms with van der Waals surface area (Å²) in [4.78, 5) is 45.2. The van der Waals surface area contributed by atoms with Gasteiger partial charge >= 0.3 is 0 Å². The molecule has 0 atom stereocenters. The number of carbonyl (C=O) groups is 3. The van der Waals surface area contributed by atoms with Gasteiger partial charge in [-0.1, -0.05) is 52.4 Å². The van der Waals surface area contributed by atoms with Crippen LogP contribution in [0, 0.1) is 0 Å². The Labute approximate surface area is 230 Å². The highest BCUT2D eigenvalue weighted by Crippen LogP contribution is 2.31. The van der Waals surface area contributed by atoms with Gasteiger partial charge in [-0.3, -0.25) is 14.4 Å². The minimum absolute atomic E-state index is 0.0476. The number of rotatable bonds is 13. The van der Waals surface area contributed by atoms with Gasteiger partial charge in [-0.25, -0.2) is 0 Å². The third kappa shape index (κ3) is 9.11. The van der Waals surface area contributed by atoms with E-state index in [-0.39, 0.29) is 17.7 Å². The molecule has 0 aliphatic heterocycles. The first-order chi connectivity index (χ1) is 18.4. The molecule has 0 spiro atoms. The summed E-state index contributed by atoms with van der Waals surface area (Å²) < 4.78 is 0. The van der Waals surface area contributed by atoms with Crippen molar-refractivity contribution in [3.63, 3.8) is 0 Å². The van der Waals surface area contributed by atoms with Crippen LogP contribution in [0.3, 0.4) is 0 Å². The van der Waals surface area contributed by atoms with Crippen molar-refractivity contribution in [3.05, 3.63) is 29.8 Å². The third-order valence-corrected chi connectivity index (χ3v) is 8.36. The molecule has 2 fully saturated rings. The molecule has 0 radical (unpaired) electrons. The summed E-state index contributed by atoms with van der Waals surface area (Å²) >= 11 is 0. The lowest BCUT2D eigenvalue weighted by molar-refractivity contribution is -0.138. The molecule has 1 aromatic carbocycles. The van der Waals surface area contributed by atoms with Crippen LogP contribution in [0.4, 0.5) is 5.69 Å². The average Bonchev–Trinajstić information content (AvgIpc) is 2.94. The second kappa shape index (κ2) is 15.9. The normalized spacial score (nSPS) is 16.8. The highest BCUT2D eigenvalue weighted by molar-refractivity contribution is 5.95. The maximum absolute atomic E-state index is 13.8. The summed E-state index contributed by atoms with van der Waals surface area (Å²) in [6.07, 6.45) is 13.1. The van der Waals surface area contributed by atoms with Gasteiger partial charge < -0.3 is 20.0 Å². The summed E-state index contributed by atoms with van der Waals surface area (Å²) in [7, 11) is 0. The summed E-state index contributed by atoms with van der Waals surface area (Å²) in [6.45, 7) is 9.78. The topological polar surface area (TPSA) is 73.0 Å². The number of carbonyl (C=O) groups excluding carboxylic acids is 3. The van der Waals surface area contributed by atoms with Crippen molar-refractivity contribution in [2.45, 2.75) is 110 Å². The van der Waals surface area contributed by atoms with E-state index in [4.69, 9.17) is 0 Å². The predicted molar refractivity (Wildman–Crippen MR) is 154 cm³/mol. The van der Waals surface area contributed by atoms with Gasteiger partial charge in [0.15, 0.2) is 0 Å². The number of amides is 3. The van der Waals surface area contributed by atoms with Crippen molar-refractivity contribution in [1.82, 2.24) is 14.7 Å². The highest BCUT2D eigenvalue weighted by atomic mass is 16.2. The SMILES string of the molecule is CCN(CC)CCCN(CCC(=O)N(C1CCCCC1)C1CCCCC1)C(=O)c1ccc(NC(C)=O)cc1. The second-order valence-corrected chi connectivity index (χ2v) is 11.1. The maximum Gasteiger partial charge on any atom is 0.253 e. The zero-order valence-electron chi connectivity index (χ0n) is 24.1. The molecule has 3 rings (SSSR count). The van der Waals surface area contributed by atoms with Crippen molar-refractivity contribution < 1.29 is 14.4 Å². The molecule has 2 saturated carbocycles. The Bertz CT molecular complexity index is 854. The Hall–Kier alpha value is -2.41. The Morgan fingerprint density at radius 3 is 1.84 bits per heavy atom. The maximum atomic E-state index is 13.8. The van der Waals surface area contributed by atoms with Crippen molar-refractivity contribution in [2.24, 2.45) is 0 Å². The van der Waals surface area contributed by atoms with Crippen LogP contribution in [0.5, 0.6) is 0 Å². The molecule has 0 aromatic heterocycles. The molecule has 1 aromatic rings. The summed E-state index contributed by atoms with van der Waals surface area (Å²) in [6, 6.07) is 7.80. The molecule has 1 N–H and O–H groups in total. The van der Waals surface area contributed by atoms with Crippen molar-refractivity contribution in [2.75, 3.05) is 38.0 Å². The molecule has 2 aliphatic rings. The van der Waals surface area contributed by atoms with Gasteiger partial charge in [0.05, 0.1) is 0 Å². The third-order valence-electron chi connectivity index (χ3n) is 8.36. The van der Waals surface area contributed by atoms with Gasteiger partial charge in [0.25, 0.3) is 5.91 Å². The van der Waals surface area contributed by atoms with Crippen LogP contribution in [0.15, 0.2) is 24.3 Å². The first-order valence-electron chi connectivity index (χ1n) is 15.1. The van der Waals surface area contributed by atoms with Gasteiger partial charge in [-0.2, -0.15) is 0 Å². The smallest absolute Gasteiger partial charge is 0.253 e. The van der Waals surface area contributed by atoms with E-state index in [1.807, 2.05) is 4.90 Å². The van der Waals surface area contributed by atoms with Gasteiger partial charge in [0, 0.05) is 49.8 Å². The molecule has 7 heteroatoms. The van der Waals surface area contributed by atoms with Crippen LogP contribution < -0.4 is 5.32 Å². The van der Waals surface area contributed by atoms with E-state index in [1.54, 1.807) is 24.3 Å². The first kappa shape index (κ1) is 30.1. The predicted octanol–water partition coefficient (Wildman–Crippen LogP) is 5.70. The van der Waals surface area contributed by atoms with Gasteiger partial charge in [-0.15, -0.1) is 0 Å². The van der Waals surface area contributed by atoms with E-state index in [0.717, 1.165) is 51.7 Å². The lowest BCUT2D eigenvalue weighted by atomic mass is 9.88. The minimum Gasteiger partial charge on any atom is -0.338 e. The molecule has 212 valence electrons. The fourth-order valence-corrected chi connectivity index (χ4v) is 6.21. The lowest BCUT2D eigenvalue weighted by Gasteiger charge is -2.42. The van der Waals surface area contributed by atoms with Crippen LogP contribution in [-0.4, -0.2) is 77.2 Å². The number of nitrogens with zero attached hydrogens (tertiary/aromatic N) is 3. The minimum atomic E-state index is -0.138. The Balaban J connectivity index is 1.70. The number of hydrogen-bond donors (Lipinski definition) is 1. The number of hydrogen-bond acceptors (Lipinski definition) is 4. The molecule has 0 bridgehead atoms. The largest absolute Gasteiger partial charge is 0.338 e. The molecule has 0 saturated heterocycles. The van der Waals surface area contributed by atoms with E-state index in [1.165, 1.54) is 45.4 Å². The van der Waals surface area contributed by atoms with Crippen molar-refractivity contribution in [1.29, 1.82) is 0 Å². The zero-order chi connectivity index (χ0) is 27.3. The van der Waals surface area contributed by atoms with Gasteiger partial charge in [-0.05, 0) is 76.0 Å². The number of nitrogens with one attached hydrogen (secondary N) is 1. The Morgan fingerprint density at radius 1 is 0.789 bits per heavy atom. The zero-order valence-corrected chi connectivity index (χ0v) is 24.1. The first-order valence-corrected chi connectivity index (χ1v) is 15.1. The van der Waals surface area contributed by atoms with Gasteiger partial charge in [0.1, 0.15) is 0 Å². The molecular weight excluding hydrogens is 476 g/mol. The summed E-state index contributed by atoms with van der Waals surface area (Å²) in [5.74, 6) is 0.0426. The molecule has 0 unspecified atom stereocenters. The lowest BCUT2D eigenvalue weighted by Crippen LogP contribution is -2.49. The molecule has 2 aliphatic carbocycles. The fraction of sp³-hybridized carbons (Fsp3) is 0.710. The van der Waals surface area contributed by atoms with E-state index >= 15 is 0 Å². The molecule has 38 heavy (non-hydrogen) atoms. The Kier molecular flexibility index (Phi) is 12.6. The van der Waals surface area contributed by atoms with Crippen LogP contribution in [0.2, 0.25) is 0 Å². The van der Waals surface area contributed by atoms with Crippen LogP contribution in [0.1, 0.15) is 108 Å². The number of anilines is 1. The van der Waals surface area contributed by atoms with E-state index in [9.17, 15) is 14.4 Å². The standard InChI is InChI=1S/C31H50N4O3/c1-4-33(5-2)22-12-23-34(31(38)26-17-19-27(20-18-26)32-25(3)36)24-21-30(37)35(28-13-8-6-9-14-28)29-15-10-7-11-16-29/h17-20,28-29H,4-16,21-24H2,1-3H3,(H,32,36).